The third kappa shape index (κ3) is 5.39. The van der Waals surface area contributed by atoms with E-state index in [1.54, 1.807) is 0 Å². The van der Waals surface area contributed by atoms with Crippen molar-refractivity contribution in [1.29, 1.82) is 0 Å². The van der Waals surface area contributed by atoms with E-state index in [0.717, 1.165) is 12.5 Å². The minimum atomic E-state index is -0.875. The van der Waals surface area contributed by atoms with Gasteiger partial charge in [0.2, 0.25) is 0 Å². The number of nitro benzene ring substituents is 1. The highest BCUT2D eigenvalue weighted by Crippen LogP contribution is 2.20. The van der Waals surface area contributed by atoms with Crippen LogP contribution in [0.4, 0.5) is 11.4 Å². The first-order valence-electron chi connectivity index (χ1n) is 6.79. The van der Waals surface area contributed by atoms with Crippen molar-refractivity contribution in [3.8, 4) is 0 Å². The number of hydrogen-bond acceptors (Lipinski definition) is 6. The zero-order valence-electron chi connectivity index (χ0n) is 12.5. The molecule has 0 aromatic heterocycles. The molecule has 0 aliphatic carbocycles. The Morgan fingerprint density at radius 3 is 2.68 bits per heavy atom. The molecule has 1 aromatic rings. The fourth-order valence-corrected chi connectivity index (χ4v) is 1.59. The van der Waals surface area contributed by atoms with Crippen LogP contribution in [0.3, 0.4) is 0 Å². The Balaban J connectivity index is 2.57. The molecule has 1 rings (SSSR count). The van der Waals surface area contributed by atoms with Crippen LogP contribution >= 0.6 is 0 Å². The summed E-state index contributed by atoms with van der Waals surface area (Å²) < 4.78 is 4.81. The lowest BCUT2D eigenvalue weighted by Crippen LogP contribution is -2.30. The smallest absolute Gasteiger partial charge is 0.341 e. The molecule has 22 heavy (non-hydrogen) atoms. The van der Waals surface area contributed by atoms with Crippen LogP contribution in [0.15, 0.2) is 18.2 Å². The lowest BCUT2D eigenvalue weighted by Gasteiger charge is -2.09. The maximum atomic E-state index is 11.8. The van der Waals surface area contributed by atoms with E-state index >= 15 is 0 Å². The average molecular weight is 309 g/mol. The number of nitro groups is 1. The van der Waals surface area contributed by atoms with Crippen molar-refractivity contribution in [3.05, 3.63) is 33.9 Å². The molecule has 0 radical (unpaired) electrons. The van der Waals surface area contributed by atoms with E-state index in [0.29, 0.717) is 12.5 Å². The number of esters is 1. The number of carbonyl (C=O) groups is 2. The van der Waals surface area contributed by atoms with Gasteiger partial charge in [0, 0.05) is 24.4 Å². The molecule has 120 valence electrons. The molecule has 0 atom stereocenters. The summed E-state index contributed by atoms with van der Waals surface area (Å²) in [5.74, 6) is -0.856. The molecule has 8 heteroatoms. The first-order valence-corrected chi connectivity index (χ1v) is 6.79. The highest BCUT2D eigenvalue weighted by molar-refractivity contribution is 5.96. The second kappa shape index (κ2) is 7.96. The molecule has 1 amide bonds. The first-order chi connectivity index (χ1) is 10.3. The molecule has 0 fully saturated rings. The Hall–Kier alpha value is -2.64. The SMILES string of the molecule is CC(C)CCNC(=O)COC(=O)c1cc([N+](=O)[O-])ccc1N. The Labute approximate surface area is 127 Å². The van der Waals surface area contributed by atoms with Gasteiger partial charge in [-0.2, -0.15) is 0 Å². The predicted octanol–water partition coefficient (Wildman–Crippen LogP) is 1.50. The molecular weight excluding hydrogens is 290 g/mol. The van der Waals surface area contributed by atoms with Crippen molar-refractivity contribution in [1.82, 2.24) is 5.32 Å². The molecule has 0 aliphatic heterocycles. The van der Waals surface area contributed by atoms with Crippen LogP contribution in [0.5, 0.6) is 0 Å². The van der Waals surface area contributed by atoms with Crippen molar-refractivity contribution in [2.45, 2.75) is 20.3 Å². The fraction of sp³-hybridized carbons (Fsp3) is 0.429. The quantitative estimate of drug-likeness (QED) is 0.340. The third-order valence-electron chi connectivity index (χ3n) is 2.85. The number of nitrogen functional groups attached to an aromatic ring is 1. The first kappa shape index (κ1) is 17.4. The number of amides is 1. The highest BCUT2D eigenvalue weighted by atomic mass is 16.6. The number of ether oxygens (including phenoxy) is 1. The Kier molecular flexibility index (Phi) is 6.30. The van der Waals surface area contributed by atoms with E-state index in [1.165, 1.54) is 12.1 Å². The second-order valence-electron chi connectivity index (χ2n) is 5.14. The largest absolute Gasteiger partial charge is 0.452 e. The topological polar surface area (TPSA) is 125 Å². The lowest BCUT2D eigenvalue weighted by molar-refractivity contribution is -0.384. The Bertz CT molecular complexity index is 572. The normalized spacial score (nSPS) is 10.3. The molecule has 1 aromatic carbocycles. The van der Waals surface area contributed by atoms with Gasteiger partial charge in [0.15, 0.2) is 6.61 Å². The van der Waals surface area contributed by atoms with Crippen molar-refractivity contribution in [3.63, 3.8) is 0 Å². The van der Waals surface area contributed by atoms with E-state index in [1.807, 2.05) is 13.8 Å². The summed E-state index contributed by atoms with van der Waals surface area (Å²) in [5.41, 5.74) is 5.23. The number of nitrogens with one attached hydrogen (secondary N) is 1. The zero-order valence-corrected chi connectivity index (χ0v) is 12.5. The van der Waals surface area contributed by atoms with E-state index in [-0.39, 0.29) is 16.9 Å². The molecule has 0 saturated heterocycles. The van der Waals surface area contributed by atoms with Crippen LogP contribution in [0.2, 0.25) is 0 Å². The molecule has 0 heterocycles. The highest BCUT2D eigenvalue weighted by Gasteiger charge is 2.17. The summed E-state index contributed by atoms with van der Waals surface area (Å²) in [6, 6.07) is 3.45. The van der Waals surface area contributed by atoms with Gasteiger partial charge in [-0.15, -0.1) is 0 Å². The van der Waals surface area contributed by atoms with Crippen molar-refractivity contribution < 1.29 is 19.2 Å². The van der Waals surface area contributed by atoms with E-state index < -0.39 is 23.4 Å². The number of anilines is 1. The molecule has 0 saturated carbocycles. The van der Waals surface area contributed by atoms with E-state index in [2.05, 4.69) is 5.32 Å². The summed E-state index contributed by atoms with van der Waals surface area (Å²) in [6.45, 7) is 4.08. The van der Waals surface area contributed by atoms with Gasteiger partial charge in [-0.25, -0.2) is 4.79 Å². The van der Waals surface area contributed by atoms with Gasteiger partial charge in [0.1, 0.15) is 0 Å². The van der Waals surface area contributed by atoms with E-state index in [4.69, 9.17) is 10.5 Å². The van der Waals surface area contributed by atoms with Gasteiger partial charge in [-0.1, -0.05) is 13.8 Å². The zero-order chi connectivity index (χ0) is 16.7. The standard InChI is InChI=1S/C14H19N3O5/c1-9(2)5-6-16-13(18)8-22-14(19)11-7-10(17(20)21)3-4-12(11)15/h3-4,7,9H,5-6,8,15H2,1-2H3,(H,16,18). The van der Waals surface area contributed by atoms with Crippen molar-refractivity contribution in [2.24, 2.45) is 5.92 Å². The summed E-state index contributed by atoms with van der Waals surface area (Å²) in [4.78, 5) is 33.3. The van der Waals surface area contributed by atoms with Crippen LogP contribution in [-0.4, -0.2) is 30.0 Å². The minimum Gasteiger partial charge on any atom is -0.452 e. The predicted molar refractivity (Wildman–Crippen MR) is 80.3 cm³/mol. The fourth-order valence-electron chi connectivity index (χ4n) is 1.59. The minimum absolute atomic E-state index is 0.0517. The number of benzene rings is 1. The maximum absolute atomic E-state index is 11.8. The van der Waals surface area contributed by atoms with Crippen molar-refractivity contribution >= 4 is 23.3 Å². The number of nitrogens with zero attached hydrogens (tertiary/aromatic N) is 1. The second-order valence-corrected chi connectivity index (χ2v) is 5.14. The summed E-state index contributed by atoms with van der Waals surface area (Å²) in [7, 11) is 0. The molecule has 0 bridgehead atoms. The average Bonchev–Trinajstić information content (AvgIpc) is 2.44. The summed E-state index contributed by atoms with van der Waals surface area (Å²) in [5, 5.41) is 13.3. The Morgan fingerprint density at radius 2 is 2.09 bits per heavy atom. The van der Waals surface area contributed by atoms with Crippen LogP contribution < -0.4 is 11.1 Å². The lowest BCUT2D eigenvalue weighted by atomic mass is 10.1. The van der Waals surface area contributed by atoms with Crippen LogP contribution in [-0.2, 0) is 9.53 Å². The molecule has 0 aliphatic rings. The van der Waals surface area contributed by atoms with E-state index in [9.17, 15) is 19.7 Å². The molecular formula is C14H19N3O5. The summed E-state index contributed by atoms with van der Waals surface area (Å²) in [6.07, 6.45) is 0.817. The van der Waals surface area contributed by atoms with Crippen LogP contribution in [0.1, 0.15) is 30.6 Å². The Morgan fingerprint density at radius 1 is 1.41 bits per heavy atom. The van der Waals surface area contributed by atoms with Gasteiger partial charge >= 0.3 is 5.97 Å². The van der Waals surface area contributed by atoms with Crippen LogP contribution in [0.25, 0.3) is 0 Å². The number of hydrogen-bond donors (Lipinski definition) is 2. The van der Waals surface area contributed by atoms with Gasteiger partial charge < -0.3 is 15.8 Å². The monoisotopic (exact) mass is 309 g/mol. The molecule has 0 spiro atoms. The number of carbonyl (C=O) groups excluding carboxylic acids is 2. The van der Waals surface area contributed by atoms with Gasteiger partial charge in [-0.05, 0) is 18.4 Å². The van der Waals surface area contributed by atoms with Crippen molar-refractivity contribution in [2.75, 3.05) is 18.9 Å². The number of nitrogens with two attached hydrogens (primary N) is 1. The summed E-state index contributed by atoms with van der Waals surface area (Å²) >= 11 is 0. The maximum Gasteiger partial charge on any atom is 0.341 e. The van der Waals surface area contributed by atoms with Gasteiger partial charge in [-0.3, -0.25) is 14.9 Å². The third-order valence-corrected chi connectivity index (χ3v) is 2.85. The van der Waals surface area contributed by atoms with Crippen LogP contribution in [0, 0.1) is 16.0 Å². The number of non-ortho nitro benzene ring substituents is 1. The van der Waals surface area contributed by atoms with Gasteiger partial charge in [0.05, 0.1) is 10.5 Å². The molecule has 0 unspecified atom stereocenters. The molecule has 3 N–H and O–H groups in total. The molecule has 8 nitrogen and oxygen atoms in total. The number of rotatable bonds is 7. The van der Waals surface area contributed by atoms with Gasteiger partial charge in [0.25, 0.3) is 11.6 Å².